The first-order valence-electron chi connectivity index (χ1n) is 6.47. The summed E-state index contributed by atoms with van der Waals surface area (Å²) in [5.74, 6) is -2.34. The summed E-state index contributed by atoms with van der Waals surface area (Å²) in [5, 5.41) is 2.70. The number of carbonyl (C=O) groups is 1. The van der Waals surface area contributed by atoms with Crippen LogP contribution < -0.4 is 11.1 Å². The van der Waals surface area contributed by atoms with Crippen LogP contribution in [0.15, 0.2) is 12.1 Å². The molecule has 0 aromatic heterocycles. The third-order valence-electron chi connectivity index (χ3n) is 3.62. The van der Waals surface area contributed by atoms with Crippen molar-refractivity contribution in [2.45, 2.75) is 31.4 Å². The highest BCUT2D eigenvalue weighted by molar-refractivity contribution is 8.00. The molecule has 1 aromatic rings. The summed E-state index contributed by atoms with van der Waals surface area (Å²) in [5.41, 5.74) is 4.89. The number of nitrogens with one attached hydrogen (secondary N) is 1. The van der Waals surface area contributed by atoms with E-state index in [0.29, 0.717) is 12.6 Å². The molecule has 3 nitrogen and oxygen atoms in total. The van der Waals surface area contributed by atoms with Crippen LogP contribution in [0.25, 0.3) is 0 Å². The van der Waals surface area contributed by atoms with Crippen LogP contribution in [-0.2, 0) is 0 Å². The highest BCUT2D eigenvalue weighted by Crippen LogP contribution is 2.29. The topological polar surface area (TPSA) is 55.1 Å². The number of thioether (sulfide) groups is 1. The average Bonchev–Trinajstić information content (AvgIpc) is 2.44. The number of halogens is 2. The smallest absolute Gasteiger partial charge is 0.254 e. The number of carbonyl (C=O) groups excluding carboxylic acids is 1. The van der Waals surface area contributed by atoms with Crippen molar-refractivity contribution in [1.29, 1.82) is 0 Å². The number of hydrogen-bond acceptors (Lipinski definition) is 3. The Bertz CT molecular complexity index is 482. The molecule has 0 unspecified atom stereocenters. The van der Waals surface area contributed by atoms with E-state index in [-0.39, 0.29) is 16.0 Å². The van der Waals surface area contributed by atoms with Gasteiger partial charge in [0.25, 0.3) is 5.91 Å². The fourth-order valence-electron chi connectivity index (χ4n) is 1.94. The van der Waals surface area contributed by atoms with E-state index < -0.39 is 17.5 Å². The molecular weight excluding hydrogens is 282 g/mol. The van der Waals surface area contributed by atoms with Gasteiger partial charge in [-0.05, 0) is 25.2 Å². The Morgan fingerprint density at radius 2 is 1.90 bits per heavy atom. The monoisotopic (exact) mass is 302 g/mol. The Morgan fingerprint density at radius 1 is 1.30 bits per heavy atom. The van der Waals surface area contributed by atoms with Gasteiger partial charge in [0.15, 0.2) is 0 Å². The van der Waals surface area contributed by atoms with E-state index in [4.69, 9.17) is 5.73 Å². The Morgan fingerprint density at radius 3 is 2.40 bits per heavy atom. The second kappa shape index (κ2) is 6.92. The molecule has 20 heavy (non-hydrogen) atoms. The molecular formula is C14H20F2N2OS. The van der Waals surface area contributed by atoms with Crippen molar-refractivity contribution in [1.82, 2.24) is 5.32 Å². The van der Waals surface area contributed by atoms with Crippen LogP contribution in [0.5, 0.6) is 0 Å². The van der Waals surface area contributed by atoms with Gasteiger partial charge in [0.2, 0.25) is 0 Å². The van der Waals surface area contributed by atoms with Gasteiger partial charge in [0.05, 0.1) is 11.3 Å². The van der Waals surface area contributed by atoms with Crippen molar-refractivity contribution in [2.75, 3.05) is 18.5 Å². The molecule has 1 rings (SSSR count). The predicted molar refractivity (Wildman–Crippen MR) is 79.9 cm³/mol. The van der Waals surface area contributed by atoms with E-state index in [2.05, 4.69) is 5.32 Å². The quantitative estimate of drug-likeness (QED) is 0.793. The molecule has 0 radical (unpaired) electrons. The minimum atomic E-state index is -0.906. The van der Waals surface area contributed by atoms with Crippen LogP contribution in [0.1, 0.15) is 37.0 Å². The molecule has 0 aliphatic heterocycles. The van der Waals surface area contributed by atoms with Crippen molar-refractivity contribution >= 4 is 23.4 Å². The first-order valence-corrected chi connectivity index (χ1v) is 7.69. The fraction of sp³-hybridized carbons (Fsp3) is 0.500. The van der Waals surface area contributed by atoms with Gasteiger partial charge in [-0.1, -0.05) is 13.8 Å². The molecule has 1 amide bonds. The van der Waals surface area contributed by atoms with Crippen molar-refractivity contribution in [3.8, 4) is 0 Å². The molecule has 0 atom stereocenters. The molecule has 0 heterocycles. The lowest BCUT2D eigenvalue weighted by molar-refractivity contribution is 0.0945. The maximum Gasteiger partial charge on any atom is 0.254 e. The largest absolute Gasteiger partial charge is 0.396 e. The second-order valence-electron chi connectivity index (χ2n) is 4.63. The third-order valence-corrected chi connectivity index (χ3v) is 5.21. The highest BCUT2D eigenvalue weighted by Gasteiger charge is 2.26. The van der Waals surface area contributed by atoms with E-state index in [9.17, 15) is 13.6 Å². The first kappa shape index (κ1) is 16.8. The number of rotatable bonds is 6. The van der Waals surface area contributed by atoms with Gasteiger partial charge in [0, 0.05) is 17.4 Å². The zero-order chi connectivity index (χ0) is 15.3. The summed E-state index contributed by atoms with van der Waals surface area (Å²) < 4.78 is 26.6. The Kier molecular flexibility index (Phi) is 5.80. The maximum atomic E-state index is 13.6. The SMILES string of the molecule is CCC(CC)(CNC(=O)c1cc(N)c(F)cc1F)SC. The molecule has 0 spiro atoms. The summed E-state index contributed by atoms with van der Waals surface area (Å²) in [6.07, 6.45) is 3.76. The van der Waals surface area contributed by atoms with E-state index in [0.717, 1.165) is 18.9 Å². The lowest BCUT2D eigenvalue weighted by atomic mass is 10.0. The Hall–Kier alpha value is -1.30. The van der Waals surface area contributed by atoms with Crippen LogP contribution in [0, 0.1) is 11.6 Å². The minimum absolute atomic E-state index is 0.0717. The second-order valence-corrected chi connectivity index (χ2v) is 5.90. The molecule has 6 heteroatoms. The van der Waals surface area contributed by atoms with E-state index in [1.807, 2.05) is 20.1 Å². The van der Waals surface area contributed by atoms with Crippen LogP contribution >= 0.6 is 11.8 Å². The number of amides is 1. The van der Waals surface area contributed by atoms with Crippen molar-refractivity contribution in [3.05, 3.63) is 29.3 Å². The molecule has 0 aliphatic carbocycles. The molecule has 3 N–H and O–H groups in total. The van der Waals surface area contributed by atoms with Crippen molar-refractivity contribution in [3.63, 3.8) is 0 Å². The van der Waals surface area contributed by atoms with Gasteiger partial charge < -0.3 is 11.1 Å². The van der Waals surface area contributed by atoms with Crippen molar-refractivity contribution < 1.29 is 13.6 Å². The van der Waals surface area contributed by atoms with Crippen LogP contribution in [0.3, 0.4) is 0 Å². The van der Waals surface area contributed by atoms with Gasteiger partial charge in [-0.3, -0.25) is 4.79 Å². The summed E-state index contributed by atoms with van der Waals surface area (Å²) in [6, 6.07) is 1.66. The summed E-state index contributed by atoms with van der Waals surface area (Å²) in [7, 11) is 0. The zero-order valence-corrected chi connectivity index (χ0v) is 12.7. The third kappa shape index (κ3) is 3.62. The van der Waals surface area contributed by atoms with Gasteiger partial charge in [-0.25, -0.2) is 8.78 Å². The lowest BCUT2D eigenvalue weighted by Crippen LogP contribution is -2.39. The van der Waals surface area contributed by atoms with Gasteiger partial charge >= 0.3 is 0 Å². The maximum absolute atomic E-state index is 13.6. The van der Waals surface area contributed by atoms with Gasteiger partial charge in [-0.15, -0.1) is 0 Å². The van der Waals surface area contributed by atoms with Crippen LogP contribution in [0.2, 0.25) is 0 Å². The molecule has 0 saturated carbocycles. The molecule has 0 fully saturated rings. The molecule has 112 valence electrons. The van der Waals surface area contributed by atoms with Gasteiger partial charge in [0.1, 0.15) is 11.6 Å². The summed E-state index contributed by atoms with van der Waals surface area (Å²) >= 11 is 1.67. The lowest BCUT2D eigenvalue weighted by Gasteiger charge is -2.29. The molecule has 0 aliphatic rings. The number of nitrogens with two attached hydrogens (primary N) is 1. The average molecular weight is 302 g/mol. The Balaban J connectivity index is 2.85. The molecule has 1 aromatic carbocycles. The molecule has 0 saturated heterocycles. The summed E-state index contributed by atoms with van der Waals surface area (Å²) in [6.45, 7) is 4.52. The number of nitrogen functional groups attached to an aromatic ring is 1. The minimum Gasteiger partial charge on any atom is -0.396 e. The first-order chi connectivity index (χ1) is 9.39. The van der Waals surface area contributed by atoms with Gasteiger partial charge in [-0.2, -0.15) is 11.8 Å². The zero-order valence-electron chi connectivity index (χ0n) is 11.9. The fourth-order valence-corrected chi connectivity index (χ4v) is 2.73. The predicted octanol–water partition coefficient (Wildman–Crippen LogP) is 3.20. The number of anilines is 1. The highest BCUT2D eigenvalue weighted by atomic mass is 32.2. The summed E-state index contributed by atoms with van der Waals surface area (Å²) in [4.78, 5) is 12.0. The van der Waals surface area contributed by atoms with Crippen LogP contribution in [-0.4, -0.2) is 23.5 Å². The van der Waals surface area contributed by atoms with E-state index >= 15 is 0 Å². The Labute approximate surface area is 122 Å². The van der Waals surface area contributed by atoms with E-state index in [1.165, 1.54) is 0 Å². The van der Waals surface area contributed by atoms with Crippen molar-refractivity contribution in [2.24, 2.45) is 0 Å². The van der Waals surface area contributed by atoms with E-state index in [1.54, 1.807) is 11.8 Å². The van der Waals surface area contributed by atoms with Crippen LogP contribution in [0.4, 0.5) is 14.5 Å². The normalized spacial score (nSPS) is 11.4. The standard InChI is InChI=1S/C14H20F2N2OS/c1-4-14(5-2,20-3)8-18-13(19)9-6-12(17)11(16)7-10(9)15/h6-7H,4-5,8,17H2,1-3H3,(H,18,19). The number of benzene rings is 1. The number of hydrogen-bond donors (Lipinski definition) is 2. The molecule has 0 bridgehead atoms.